The lowest BCUT2D eigenvalue weighted by molar-refractivity contribution is -0.113. The predicted molar refractivity (Wildman–Crippen MR) is 109 cm³/mol. The van der Waals surface area contributed by atoms with Crippen LogP contribution in [0.15, 0.2) is 34.8 Å². The molecule has 8 nitrogen and oxygen atoms in total. The van der Waals surface area contributed by atoms with E-state index in [-0.39, 0.29) is 17.2 Å². The molecule has 0 saturated carbocycles. The summed E-state index contributed by atoms with van der Waals surface area (Å²) in [5.74, 6) is -0.734. The number of anilines is 1. The summed E-state index contributed by atoms with van der Waals surface area (Å²) >= 11 is 8.72. The predicted octanol–water partition coefficient (Wildman–Crippen LogP) is 3.59. The molecule has 0 unspecified atom stereocenters. The molecule has 2 heterocycles. The van der Waals surface area contributed by atoms with E-state index in [1.165, 1.54) is 30.2 Å². The number of rotatable bonds is 7. The van der Waals surface area contributed by atoms with Gasteiger partial charge in [-0.2, -0.15) is 0 Å². The van der Waals surface area contributed by atoms with Crippen molar-refractivity contribution in [3.05, 3.63) is 40.2 Å². The molecule has 0 saturated heterocycles. The zero-order valence-electron chi connectivity index (χ0n) is 15.0. The topological polar surface area (TPSA) is 99.0 Å². The highest BCUT2D eigenvalue weighted by Crippen LogP contribution is 2.39. The number of benzene rings is 1. The lowest BCUT2D eigenvalue weighted by atomic mass is 10.0. The van der Waals surface area contributed by atoms with Gasteiger partial charge in [-0.05, 0) is 23.4 Å². The van der Waals surface area contributed by atoms with Crippen molar-refractivity contribution >= 4 is 51.6 Å². The van der Waals surface area contributed by atoms with Gasteiger partial charge in [0.15, 0.2) is 0 Å². The van der Waals surface area contributed by atoms with Crippen LogP contribution in [0.3, 0.4) is 0 Å². The molecule has 28 heavy (non-hydrogen) atoms. The lowest BCUT2D eigenvalue weighted by Crippen LogP contribution is -2.16. The molecular weight excluding hydrogens is 422 g/mol. The summed E-state index contributed by atoms with van der Waals surface area (Å²) in [4.78, 5) is 24.8. The first-order valence-electron chi connectivity index (χ1n) is 8.18. The van der Waals surface area contributed by atoms with E-state index in [4.69, 9.17) is 16.3 Å². The monoisotopic (exact) mass is 437 g/mol. The van der Waals surface area contributed by atoms with E-state index >= 15 is 0 Å². The van der Waals surface area contributed by atoms with Gasteiger partial charge in [0, 0.05) is 28.1 Å². The summed E-state index contributed by atoms with van der Waals surface area (Å²) in [6.45, 7) is 2.51. The van der Waals surface area contributed by atoms with Crippen LogP contribution >= 0.6 is 34.7 Å². The number of hydrogen-bond acceptors (Lipinski definition) is 8. The standard InChI is InChI=1S/C17H16ClN5O3S2/c1-3-23-17(20-21-22-23)28-9-13(24)19-15-14(16(25)26-2)11(8-27-15)10-6-4-5-7-12(10)18/h4-8H,3,9H2,1-2H3,(H,19,24). The van der Waals surface area contributed by atoms with Gasteiger partial charge in [-0.1, -0.05) is 41.6 Å². The molecule has 0 bridgehead atoms. The lowest BCUT2D eigenvalue weighted by Gasteiger charge is -2.08. The molecule has 1 aromatic carbocycles. The van der Waals surface area contributed by atoms with Crippen LogP contribution in [0.1, 0.15) is 17.3 Å². The van der Waals surface area contributed by atoms with Crippen molar-refractivity contribution in [2.24, 2.45) is 0 Å². The molecule has 0 radical (unpaired) electrons. The maximum Gasteiger partial charge on any atom is 0.341 e. The molecule has 0 aliphatic carbocycles. The third-order valence-corrected chi connectivity index (χ3v) is 5.91. The molecule has 11 heteroatoms. The maximum atomic E-state index is 12.4. The first-order valence-corrected chi connectivity index (χ1v) is 10.4. The Hall–Kier alpha value is -2.43. The van der Waals surface area contributed by atoms with Crippen LogP contribution in [0.25, 0.3) is 11.1 Å². The molecule has 1 N–H and O–H groups in total. The Bertz CT molecular complexity index is 1000. The Morgan fingerprint density at radius 3 is 2.82 bits per heavy atom. The number of halogens is 1. The van der Waals surface area contributed by atoms with Gasteiger partial charge >= 0.3 is 5.97 Å². The number of tetrazole rings is 1. The molecule has 3 rings (SSSR count). The largest absolute Gasteiger partial charge is 0.465 e. The van der Waals surface area contributed by atoms with E-state index in [2.05, 4.69) is 20.8 Å². The van der Waals surface area contributed by atoms with Crippen LogP contribution in [-0.2, 0) is 16.1 Å². The van der Waals surface area contributed by atoms with Gasteiger partial charge in [0.2, 0.25) is 11.1 Å². The van der Waals surface area contributed by atoms with Gasteiger partial charge < -0.3 is 10.1 Å². The fourth-order valence-corrected chi connectivity index (χ4v) is 4.37. The van der Waals surface area contributed by atoms with E-state index in [0.717, 1.165) is 0 Å². The summed E-state index contributed by atoms with van der Waals surface area (Å²) in [5.41, 5.74) is 1.58. The van der Waals surface area contributed by atoms with Gasteiger partial charge in [-0.3, -0.25) is 4.79 Å². The highest BCUT2D eigenvalue weighted by Gasteiger charge is 2.23. The van der Waals surface area contributed by atoms with E-state index in [9.17, 15) is 9.59 Å². The van der Waals surface area contributed by atoms with E-state index in [1.807, 2.05) is 19.1 Å². The van der Waals surface area contributed by atoms with Crippen LogP contribution in [0.2, 0.25) is 5.02 Å². The minimum atomic E-state index is -0.547. The third-order valence-electron chi connectivity index (χ3n) is 3.73. The number of aryl methyl sites for hydroxylation is 1. The zero-order chi connectivity index (χ0) is 20.1. The van der Waals surface area contributed by atoms with Crippen molar-refractivity contribution < 1.29 is 14.3 Å². The minimum absolute atomic E-state index is 0.0975. The number of carbonyl (C=O) groups excluding carboxylic acids is 2. The summed E-state index contributed by atoms with van der Waals surface area (Å²) < 4.78 is 6.50. The quantitative estimate of drug-likeness (QED) is 0.445. The summed E-state index contributed by atoms with van der Waals surface area (Å²) in [6, 6.07) is 7.18. The van der Waals surface area contributed by atoms with Crippen LogP contribution in [0, 0.1) is 0 Å². The number of nitrogens with zero attached hydrogens (tertiary/aromatic N) is 4. The Balaban J connectivity index is 1.81. The second-order valence-electron chi connectivity index (χ2n) is 5.44. The van der Waals surface area contributed by atoms with Gasteiger partial charge in [-0.25, -0.2) is 9.48 Å². The van der Waals surface area contributed by atoms with E-state index in [1.54, 1.807) is 22.2 Å². The summed E-state index contributed by atoms with van der Waals surface area (Å²) in [7, 11) is 1.29. The highest BCUT2D eigenvalue weighted by atomic mass is 35.5. The maximum absolute atomic E-state index is 12.4. The number of carbonyl (C=O) groups is 2. The number of methoxy groups -OCH3 is 1. The van der Waals surface area contributed by atoms with E-state index in [0.29, 0.717) is 32.9 Å². The first-order chi connectivity index (χ1) is 13.5. The normalized spacial score (nSPS) is 10.7. The Morgan fingerprint density at radius 1 is 1.32 bits per heavy atom. The number of thiophene rings is 1. The van der Waals surface area contributed by atoms with E-state index < -0.39 is 5.97 Å². The molecule has 2 aromatic heterocycles. The molecule has 0 atom stereocenters. The summed E-state index contributed by atoms with van der Waals surface area (Å²) in [6.07, 6.45) is 0. The van der Waals surface area contributed by atoms with Crippen molar-refractivity contribution in [3.8, 4) is 11.1 Å². The average Bonchev–Trinajstić information content (AvgIpc) is 3.32. The van der Waals surface area contributed by atoms with Crippen LogP contribution in [0.5, 0.6) is 0 Å². The molecule has 0 spiro atoms. The molecule has 3 aromatic rings. The molecule has 0 fully saturated rings. The van der Waals surface area contributed by atoms with Crippen molar-refractivity contribution in [2.45, 2.75) is 18.6 Å². The van der Waals surface area contributed by atoms with Gasteiger partial charge in [0.05, 0.1) is 12.9 Å². The van der Waals surface area contributed by atoms with Crippen molar-refractivity contribution in [2.75, 3.05) is 18.2 Å². The molecule has 0 aliphatic rings. The number of ether oxygens (including phenoxy) is 1. The Labute approximate surface area is 174 Å². The number of hydrogen-bond donors (Lipinski definition) is 1. The average molecular weight is 438 g/mol. The molecule has 0 aliphatic heterocycles. The molecular formula is C17H16ClN5O3S2. The Morgan fingerprint density at radius 2 is 2.11 bits per heavy atom. The third kappa shape index (κ3) is 4.34. The van der Waals surface area contributed by atoms with Crippen LogP contribution in [-0.4, -0.2) is 44.9 Å². The zero-order valence-corrected chi connectivity index (χ0v) is 17.4. The molecule has 146 valence electrons. The second-order valence-corrected chi connectivity index (χ2v) is 7.67. The van der Waals surface area contributed by atoms with Gasteiger partial charge in [-0.15, -0.1) is 16.4 Å². The van der Waals surface area contributed by atoms with Gasteiger partial charge in [0.1, 0.15) is 10.6 Å². The number of amides is 1. The fourth-order valence-electron chi connectivity index (χ4n) is 2.42. The summed E-state index contributed by atoms with van der Waals surface area (Å²) in [5, 5.41) is 17.3. The second kappa shape index (κ2) is 9.18. The number of thioether (sulfide) groups is 1. The van der Waals surface area contributed by atoms with Crippen LogP contribution in [0.4, 0.5) is 5.00 Å². The van der Waals surface area contributed by atoms with Crippen molar-refractivity contribution in [1.29, 1.82) is 0 Å². The SMILES string of the molecule is CCn1nnnc1SCC(=O)Nc1scc(-c2ccccc2Cl)c1C(=O)OC. The van der Waals surface area contributed by atoms with Crippen molar-refractivity contribution in [3.63, 3.8) is 0 Å². The molecule has 1 amide bonds. The van der Waals surface area contributed by atoms with Crippen LogP contribution < -0.4 is 5.32 Å². The Kier molecular flexibility index (Phi) is 6.65. The minimum Gasteiger partial charge on any atom is -0.465 e. The number of aromatic nitrogens is 4. The fraction of sp³-hybridized carbons (Fsp3) is 0.235. The highest BCUT2D eigenvalue weighted by molar-refractivity contribution is 7.99. The number of nitrogens with one attached hydrogen (secondary N) is 1. The van der Waals surface area contributed by atoms with Crippen molar-refractivity contribution in [1.82, 2.24) is 20.2 Å². The number of esters is 1. The first kappa shape index (κ1) is 20.3. The van der Waals surface area contributed by atoms with Gasteiger partial charge in [0.25, 0.3) is 0 Å². The smallest absolute Gasteiger partial charge is 0.341 e.